The summed E-state index contributed by atoms with van der Waals surface area (Å²) >= 11 is 6.54. The lowest BCUT2D eigenvalue weighted by atomic mass is 10.0. The van der Waals surface area contributed by atoms with Crippen LogP contribution in [0.1, 0.15) is 117 Å². The second kappa shape index (κ2) is 26.4. The van der Waals surface area contributed by atoms with Gasteiger partial charge in [0.15, 0.2) is 0 Å². The number of carboxylic acids is 1. The zero-order valence-corrected chi connectivity index (χ0v) is 52.4. The van der Waals surface area contributed by atoms with Crippen LogP contribution in [-0.2, 0) is 25.6 Å². The number of benzene rings is 2. The fourth-order valence-corrected chi connectivity index (χ4v) is 15.2. The van der Waals surface area contributed by atoms with Gasteiger partial charge in [0.25, 0.3) is 29.5 Å². The molecule has 2 aliphatic rings. The quantitative estimate of drug-likeness (QED) is 0.0576. The summed E-state index contributed by atoms with van der Waals surface area (Å²) in [7, 11) is 0. The van der Waals surface area contributed by atoms with Crippen LogP contribution in [0.4, 0.5) is 0 Å². The van der Waals surface area contributed by atoms with Gasteiger partial charge in [0, 0.05) is 43.8 Å². The van der Waals surface area contributed by atoms with E-state index in [9.17, 15) is 48.9 Å². The minimum absolute atomic E-state index is 0.0302. The first-order valence-electron chi connectivity index (χ1n) is 27.3. The van der Waals surface area contributed by atoms with Crippen molar-refractivity contribution in [3.05, 3.63) is 172 Å². The van der Waals surface area contributed by atoms with E-state index < -0.39 is 102 Å². The van der Waals surface area contributed by atoms with Crippen molar-refractivity contribution >= 4 is 115 Å². The molecule has 2 aromatic carbocycles. The molecule has 11 rings (SSSR count). The molecule has 1 saturated heterocycles. The Morgan fingerprint density at radius 3 is 2.05 bits per heavy atom. The van der Waals surface area contributed by atoms with Crippen LogP contribution in [0.2, 0.25) is 0 Å². The van der Waals surface area contributed by atoms with E-state index in [0.717, 1.165) is 45.3 Å². The molecule has 7 amide bonds. The van der Waals surface area contributed by atoms with Gasteiger partial charge < -0.3 is 57.6 Å². The van der Waals surface area contributed by atoms with E-state index in [-0.39, 0.29) is 73.7 Å². The zero-order chi connectivity index (χ0) is 64.5. The summed E-state index contributed by atoms with van der Waals surface area (Å²) in [4.78, 5) is 143. The number of aliphatic hydroxyl groups excluding tert-OH is 2. The number of aliphatic hydroxyl groups is 2. The smallest absolute Gasteiger partial charge is 0.351 e. The molecule has 7 atom stereocenters. The maximum Gasteiger partial charge on any atom is 0.351 e. The number of nitrogens with zero attached hydrogens (tertiary/aromatic N) is 8. The van der Waals surface area contributed by atoms with Gasteiger partial charge in [-0.15, -0.1) is 68.0 Å². The lowest BCUT2D eigenvalue weighted by Crippen LogP contribution is -2.52. The van der Waals surface area contributed by atoms with E-state index in [1.54, 1.807) is 72.3 Å². The van der Waals surface area contributed by atoms with Crippen molar-refractivity contribution < 1.29 is 58.8 Å². The maximum atomic E-state index is 15.2. The summed E-state index contributed by atoms with van der Waals surface area (Å²) in [5.41, 5.74) is 6.72. The highest BCUT2D eigenvalue weighted by Gasteiger charge is 2.46. The number of hydrogen-bond acceptors (Lipinski definition) is 24. The fraction of sp³-hybridized carbons (Fsp3) is 0.203. The fourth-order valence-electron chi connectivity index (χ4n) is 9.92. The lowest BCUT2D eigenvalue weighted by Gasteiger charge is -2.31. The minimum Gasteiger partial charge on any atom is -0.508 e. The summed E-state index contributed by atoms with van der Waals surface area (Å²) in [5.74, 6) is -7.49. The van der Waals surface area contributed by atoms with Gasteiger partial charge in [-0.05, 0) is 54.7 Å². The second-order valence-corrected chi connectivity index (χ2v) is 26.3. The number of thiazole rings is 6. The number of phenolic OH excluding ortho intramolecular Hbond substituents is 1. The van der Waals surface area contributed by atoms with Gasteiger partial charge in [-0.1, -0.05) is 62.5 Å². The number of aromatic nitrogens is 7. The number of nitrogens with one attached hydrogen (secondary N) is 5. The molecule has 0 radical (unpaired) electrons. The predicted molar refractivity (Wildman–Crippen MR) is 337 cm³/mol. The Hall–Kier alpha value is -9.67. The Labute approximate surface area is 539 Å². The first kappa shape index (κ1) is 62.9. The number of hydrogen-bond donors (Lipinski definition) is 10. The molecule has 26 nitrogen and oxygen atoms in total. The van der Waals surface area contributed by atoms with Crippen LogP contribution in [0.3, 0.4) is 0 Å². The first-order valence-corrected chi connectivity index (χ1v) is 32.5. The highest BCUT2D eigenvalue weighted by Crippen LogP contribution is 2.44. The van der Waals surface area contributed by atoms with E-state index in [1.165, 1.54) is 55.8 Å². The Morgan fingerprint density at radius 1 is 0.681 bits per heavy atom. The van der Waals surface area contributed by atoms with E-state index in [1.807, 2.05) is 12.2 Å². The molecule has 32 heteroatoms. The summed E-state index contributed by atoms with van der Waals surface area (Å²) in [6.45, 7) is 10.2. The monoisotopic (exact) mass is 1340 g/mol. The first-order chi connectivity index (χ1) is 43.6. The second-order valence-electron chi connectivity index (χ2n) is 20.8. The number of carboxylic acid groups (broad SMARTS) is 1. The van der Waals surface area contributed by atoms with Crippen LogP contribution in [0.25, 0.3) is 43.4 Å². The van der Waals surface area contributed by atoms with E-state index in [2.05, 4.69) is 49.4 Å². The molecule has 7 unspecified atom stereocenters. The lowest BCUT2D eigenvalue weighted by molar-refractivity contribution is -0.143. The van der Waals surface area contributed by atoms with Gasteiger partial charge in [0.1, 0.15) is 106 Å². The van der Waals surface area contributed by atoms with Crippen LogP contribution in [0, 0.1) is 12.8 Å². The Balaban J connectivity index is 0.992. The number of fused-ring (bicyclic) bond motifs is 16. The standard InChI is InChI=1S/C59H50N14O12S6/c1-24-16-41(76)73-45(24)57-70-39(23-90-57)54-66-35(19-87-54)43-31(14-15-32(63-43)53-68-36(21-88-53)48(79)61-25(2)47(78)62-26(3)59(84)85)52-67-37(20-86-52)49(80)64-33(18-40(60)75)55-72-42(27(4)91-55)51(82)71-44(46(77)29-8-6-5-7-9-29)56-69-38(22-89-56)50(81)65-34(58(73)83)17-28-10-12-30(74)13-11-28/h5-15,19-24,33-34,41,44-46,74,76-77H,2-3,16-18H2,1,4H3,(H2,60,75)(H,61,79)(H,62,78)(H,64,80)(H,65,81)(H,71,82)(H,84,85). The third-order valence-electron chi connectivity index (χ3n) is 14.4. The SMILES string of the molecule is C=C(NC(=O)C(=C)NC(=O)c1csc(-c2ccc3c(n2)-c2csc(n2)-c2csc(n2)C2C(C)CC(O)N2C(=O)C(Cc2ccc(O)cc2)NC(=O)c2csc(n2)C(C(O)c2ccccc2)NC(=O)c2nc(sc2C)C(CC(N)=O)NC(=O)c2csc-3n2)n1)C(=O)O. The van der Waals surface area contributed by atoms with Gasteiger partial charge in [-0.3, -0.25) is 33.6 Å². The van der Waals surface area contributed by atoms with E-state index in [0.29, 0.717) is 48.0 Å². The number of carbonyl (C=O) groups is 8. The van der Waals surface area contributed by atoms with Crippen molar-refractivity contribution in [2.45, 2.75) is 69.6 Å². The number of aryl methyl sites for hydroxylation is 1. The minimum atomic E-state index is -1.49. The average Bonchev–Trinajstić information content (AvgIpc) is 1.69. The molecule has 2 aliphatic heterocycles. The van der Waals surface area contributed by atoms with Gasteiger partial charge in [-0.25, -0.2) is 39.7 Å². The summed E-state index contributed by atoms with van der Waals surface area (Å²) in [6.07, 6.45) is -3.13. The third kappa shape index (κ3) is 13.6. The largest absolute Gasteiger partial charge is 0.508 e. The Morgan fingerprint density at radius 2 is 1.32 bits per heavy atom. The highest BCUT2D eigenvalue weighted by molar-refractivity contribution is 7.15. The molecule has 0 saturated carbocycles. The number of rotatable bonds is 12. The molecule has 464 valence electrons. The van der Waals surface area contributed by atoms with Gasteiger partial charge in [-0.2, -0.15) is 0 Å². The van der Waals surface area contributed by atoms with Crippen LogP contribution in [-0.4, -0.2) is 120 Å². The number of nitrogens with two attached hydrogens (primary N) is 1. The van der Waals surface area contributed by atoms with Crippen LogP contribution in [0.5, 0.6) is 5.75 Å². The predicted octanol–water partition coefficient (Wildman–Crippen LogP) is 6.59. The van der Waals surface area contributed by atoms with E-state index >= 15 is 4.79 Å². The molecule has 0 spiro atoms. The Kier molecular flexibility index (Phi) is 18.3. The molecular formula is C59H50N14O12S6. The normalized spacial score (nSPS) is 18.8. The number of carbonyl (C=O) groups excluding carboxylic acids is 7. The van der Waals surface area contributed by atoms with Crippen LogP contribution < -0.4 is 32.3 Å². The van der Waals surface area contributed by atoms with Crippen LogP contribution in [0.15, 0.2) is 118 Å². The number of pyridine rings is 1. The van der Waals surface area contributed by atoms with Gasteiger partial charge >= 0.3 is 5.97 Å². The molecule has 1 fully saturated rings. The summed E-state index contributed by atoms with van der Waals surface area (Å²) in [6, 6.07) is 13.2. The number of phenols is 1. The molecule has 9 aromatic rings. The van der Waals surface area contributed by atoms with Crippen molar-refractivity contribution in [2.24, 2.45) is 11.7 Å². The number of amides is 7. The topological polar surface area (TPSA) is 397 Å². The average molecular weight is 1340 g/mol. The zero-order valence-electron chi connectivity index (χ0n) is 47.5. The number of primary amides is 1. The van der Waals surface area contributed by atoms with Crippen molar-refractivity contribution in [3.63, 3.8) is 0 Å². The van der Waals surface area contributed by atoms with Crippen molar-refractivity contribution in [3.8, 4) is 49.1 Å². The van der Waals surface area contributed by atoms with Gasteiger partial charge in [0.2, 0.25) is 11.8 Å². The number of aromatic hydroxyl groups is 1. The van der Waals surface area contributed by atoms with E-state index in [4.69, 9.17) is 30.8 Å². The molecule has 11 N–H and O–H groups in total. The molecule has 7 aromatic heterocycles. The molecule has 9 heterocycles. The molecule has 91 heavy (non-hydrogen) atoms. The molecule has 0 aliphatic carbocycles. The van der Waals surface area contributed by atoms with Crippen LogP contribution >= 0.6 is 68.0 Å². The highest BCUT2D eigenvalue weighted by atomic mass is 32.1. The Bertz CT molecular complexity index is 4380. The summed E-state index contributed by atoms with van der Waals surface area (Å²) < 4.78 is 0. The van der Waals surface area contributed by atoms with Crippen molar-refractivity contribution in [2.75, 3.05) is 0 Å². The van der Waals surface area contributed by atoms with Crippen molar-refractivity contribution in [1.82, 2.24) is 66.4 Å². The third-order valence-corrected chi connectivity index (χ3v) is 19.9. The molecular weight excluding hydrogens is 1290 g/mol. The summed E-state index contributed by atoms with van der Waals surface area (Å²) in [5, 5.41) is 65.3. The molecule has 10 bridgehead atoms. The maximum absolute atomic E-state index is 15.2. The van der Waals surface area contributed by atoms with Gasteiger partial charge in [0.05, 0.1) is 29.9 Å². The van der Waals surface area contributed by atoms with Crippen molar-refractivity contribution in [1.29, 1.82) is 0 Å². The number of aliphatic carboxylic acids is 1.